The van der Waals surface area contributed by atoms with Gasteiger partial charge in [-0.25, -0.2) is 0 Å². The van der Waals surface area contributed by atoms with Crippen LogP contribution in [0.2, 0.25) is 0 Å². The average Bonchev–Trinajstić information content (AvgIpc) is 2.39. The molecule has 0 saturated carbocycles. The number of carbonyl (C=O) groups is 2. The van der Waals surface area contributed by atoms with Crippen molar-refractivity contribution < 1.29 is 24.2 Å². The Kier molecular flexibility index (Phi) is 6.12. The van der Waals surface area contributed by atoms with Crippen molar-refractivity contribution in [3.05, 3.63) is 0 Å². The highest BCUT2D eigenvalue weighted by Crippen LogP contribution is 2.34. The minimum Gasteiger partial charge on any atom is -0.395 e. The number of carbonyl (C=O) groups excluding carboxylic acids is 2. The Hall–Kier alpha value is -1.18. The van der Waals surface area contributed by atoms with E-state index in [4.69, 9.17) is 14.6 Å². The van der Waals surface area contributed by atoms with Crippen molar-refractivity contribution in [3.8, 4) is 0 Å². The molecule has 122 valence electrons. The second kappa shape index (κ2) is 7.20. The SMILES string of the molecule is CC1(C)OCC(C)(C)[C@H](C(=O)NCCC(=O)NCCO)O1. The first kappa shape index (κ1) is 17.9. The summed E-state index contributed by atoms with van der Waals surface area (Å²) in [7, 11) is 0. The van der Waals surface area contributed by atoms with Crippen molar-refractivity contribution in [2.75, 3.05) is 26.3 Å². The van der Waals surface area contributed by atoms with E-state index in [1.807, 2.05) is 13.8 Å². The number of aliphatic hydroxyl groups excluding tert-OH is 1. The van der Waals surface area contributed by atoms with E-state index in [0.717, 1.165) is 0 Å². The van der Waals surface area contributed by atoms with Crippen LogP contribution in [-0.2, 0) is 19.1 Å². The van der Waals surface area contributed by atoms with Crippen molar-refractivity contribution in [1.82, 2.24) is 10.6 Å². The Balaban J connectivity index is 2.44. The first-order chi connectivity index (χ1) is 9.68. The van der Waals surface area contributed by atoms with Crippen LogP contribution in [0.5, 0.6) is 0 Å². The number of ether oxygens (including phenoxy) is 2. The highest BCUT2D eigenvalue weighted by molar-refractivity contribution is 5.82. The van der Waals surface area contributed by atoms with E-state index in [0.29, 0.717) is 6.61 Å². The Labute approximate surface area is 125 Å². The number of amides is 2. The van der Waals surface area contributed by atoms with E-state index in [2.05, 4.69) is 10.6 Å². The van der Waals surface area contributed by atoms with Crippen LogP contribution in [0.4, 0.5) is 0 Å². The summed E-state index contributed by atoms with van der Waals surface area (Å²) in [6, 6.07) is 0. The predicted octanol–water partition coefficient (Wildman–Crippen LogP) is -0.221. The summed E-state index contributed by atoms with van der Waals surface area (Å²) in [4.78, 5) is 23.6. The average molecular weight is 302 g/mol. The van der Waals surface area contributed by atoms with Crippen LogP contribution in [-0.4, -0.2) is 55.1 Å². The van der Waals surface area contributed by atoms with Crippen LogP contribution in [0.15, 0.2) is 0 Å². The van der Waals surface area contributed by atoms with Crippen LogP contribution in [0.3, 0.4) is 0 Å². The second-order valence-corrected chi connectivity index (χ2v) is 6.29. The van der Waals surface area contributed by atoms with E-state index < -0.39 is 17.3 Å². The molecular formula is C14H26N2O5. The number of hydrogen-bond donors (Lipinski definition) is 3. The maximum absolute atomic E-state index is 12.2. The lowest BCUT2D eigenvalue weighted by Gasteiger charge is -2.44. The summed E-state index contributed by atoms with van der Waals surface area (Å²) in [6.07, 6.45) is -0.458. The summed E-state index contributed by atoms with van der Waals surface area (Å²) >= 11 is 0. The highest BCUT2D eigenvalue weighted by atomic mass is 16.7. The molecule has 0 aromatic heterocycles. The molecule has 1 atom stereocenters. The molecule has 21 heavy (non-hydrogen) atoms. The largest absolute Gasteiger partial charge is 0.395 e. The summed E-state index contributed by atoms with van der Waals surface area (Å²) in [6.45, 7) is 8.12. The number of nitrogens with one attached hydrogen (secondary N) is 2. The molecule has 0 aliphatic carbocycles. The molecule has 7 heteroatoms. The molecule has 1 aliphatic heterocycles. The van der Waals surface area contributed by atoms with Gasteiger partial charge in [-0.3, -0.25) is 9.59 Å². The lowest BCUT2D eigenvalue weighted by molar-refractivity contribution is -0.304. The molecule has 3 N–H and O–H groups in total. The van der Waals surface area contributed by atoms with E-state index in [1.165, 1.54) is 0 Å². The Morgan fingerprint density at radius 3 is 2.48 bits per heavy atom. The van der Waals surface area contributed by atoms with Gasteiger partial charge in [0.2, 0.25) is 11.8 Å². The van der Waals surface area contributed by atoms with E-state index >= 15 is 0 Å². The van der Waals surface area contributed by atoms with Crippen LogP contribution in [0.25, 0.3) is 0 Å². The van der Waals surface area contributed by atoms with Gasteiger partial charge >= 0.3 is 0 Å². The van der Waals surface area contributed by atoms with Crippen LogP contribution >= 0.6 is 0 Å². The third kappa shape index (κ3) is 5.61. The quantitative estimate of drug-likeness (QED) is 0.630. The maximum atomic E-state index is 12.2. The van der Waals surface area contributed by atoms with Gasteiger partial charge in [0, 0.05) is 24.9 Å². The number of aliphatic hydroxyl groups is 1. The van der Waals surface area contributed by atoms with Crippen molar-refractivity contribution >= 4 is 11.8 Å². The van der Waals surface area contributed by atoms with Gasteiger partial charge in [-0.2, -0.15) is 0 Å². The van der Waals surface area contributed by atoms with E-state index in [9.17, 15) is 9.59 Å². The topological polar surface area (TPSA) is 96.9 Å². The fourth-order valence-electron chi connectivity index (χ4n) is 2.00. The van der Waals surface area contributed by atoms with Crippen molar-refractivity contribution in [3.63, 3.8) is 0 Å². The van der Waals surface area contributed by atoms with Gasteiger partial charge < -0.3 is 25.2 Å². The minimum atomic E-state index is -0.796. The zero-order valence-corrected chi connectivity index (χ0v) is 13.2. The summed E-state index contributed by atoms with van der Waals surface area (Å²) in [5, 5.41) is 13.8. The van der Waals surface area contributed by atoms with Gasteiger partial charge in [0.15, 0.2) is 5.79 Å². The Morgan fingerprint density at radius 1 is 1.19 bits per heavy atom. The molecule has 1 fully saturated rings. The molecule has 1 heterocycles. The van der Waals surface area contributed by atoms with Crippen LogP contribution in [0, 0.1) is 5.41 Å². The molecule has 0 aromatic rings. The fourth-order valence-corrected chi connectivity index (χ4v) is 2.00. The van der Waals surface area contributed by atoms with E-state index in [1.54, 1.807) is 13.8 Å². The summed E-state index contributed by atoms with van der Waals surface area (Å²) in [5.74, 6) is -1.25. The molecule has 0 spiro atoms. The molecule has 0 unspecified atom stereocenters. The normalized spacial score (nSPS) is 23.4. The standard InChI is InChI=1S/C14H26N2O5/c1-13(2)9-20-14(3,4)21-11(13)12(19)16-6-5-10(18)15-7-8-17/h11,17H,5-9H2,1-4H3,(H,15,18)(H,16,19)/t11-/m0/s1. The van der Waals surface area contributed by atoms with Gasteiger partial charge in [0.05, 0.1) is 13.2 Å². The summed E-state index contributed by atoms with van der Waals surface area (Å²) < 4.78 is 11.3. The van der Waals surface area contributed by atoms with Gasteiger partial charge in [0.1, 0.15) is 6.10 Å². The molecular weight excluding hydrogens is 276 g/mol. The molecule has 1 aliphatic rings. The first-order valence-electron chi connectivity index (χ1n) is 7.15. The fraction of sp³-hybridized carbons (Fsp3) is 0.857. The maximum Gasteiger partial charge on any atom is 0.249 e. The van der Waals surface area contributed by atoms with Crippen molar-refractivity contribution in [2.45, 2.75) is 46.0 Å². The Morgan fingerprint density at radius 2 is 1.86 bits per heavy atom. The summed E-state index contributed by atoms with van der Waals surface area (Å²) in [5.41, 5.74) is -0.432. The molecule has 0 radical (unpaired) electrons. The third-order valence-corrected chi connectivity index (χ3v) is 3.23. The smallest absolute Gasteiger partial charge is 0.249 e. The Bertz CT molecular complexity index is 382. The zero-order chi connectivity index (χ0) is 16.1. The molecule has 7 nitrogen and oxygen atoms in total. The van der Waals surface area contributed by atoms with Gasteiger partial charge in [0.25, 0.3) is 0 Å². The lowest BCUT2D eigenvalue weighted by Crippen LogP contribution is -2.56. The highest BCUT2D eigenvalue weighted by Gasteiger charge is 2.45. The minimum absolute atomic E-state index is 0.0999. The predicted molar refractivity (Wildman–Crippen MR) is 76.4 cm³/mol. The van der Waals surface area contributed by atoms with Gasteiger partial charge in [-0.15, -0.1) is 0 Å². The van der Waals surface area contributed by atoms with Crippen LogP contribution < -0.4 is 10.6 Å². The monoisotopic (exact) mass is 302 g/mol. The first-order valence-corrected chi connectivity index (χ1v) is 7.15. The van der Waals surface area contributed by atoms with Crippen molar-refractivity contribution in [1.29, 1.82) is 0 Å². The third-order valence-electron chi connectivity index (χ3n) is 3.23. The molecule has 0 aromatic carbocycles. The molecule has 0 bridgehead atoms. The molecule has 1 saturated heterocycles. The van der Waals surface area contributed by atoms with E-state index in [-0.39, 0.29) is 37.9 Å². The van der Waals surface area contributed by atoms with Crippen LogP contribution in [0.1, 0.15) is 34.1 Å². The molecule has 2 amide bonds. The van der Waals surface area contributed by atoms with Crippen molar-refractivity contribution in [2.24, 2.45) is 5.41 Å². The zero-order valence-electron chi connectivity index (χ0n) is 13.2. The second-order valence-electron chi connectivity index (χ2n) is 6.29. The lowest BCUT2D eigenvalue weighted by atomic mass is 9.85. The number of rotatable bonds is 6. The van der Waals surface area contributed by atoms with Gasteiger partial charge in [-0.1, -0.05) is 13.8 Å². The molecule has 1 rings (SSSR count). The van der Waals surface area contributed by atoms with Gasteiger partial charge in [-0.05, 0) is 13.8 Å². The number of hydrogen-bond acceptors (Lipinski definition) is 5.